The summed E-state index contributed by atoms with van der Waals surface area (Å²) in [6.07, 6.45) is 2.58. The second kappa shape index (κ2) is 5.40. The minimum atomic E-state index is -0.0535. The molecule has 1 aromatic carbocycles. The maximum absolute atomic E-state index is 13.0. The largest absolute Gasteiger partial charge is 0.338 e. The number of hydrogen-bond acceptors (Lipinski definition) is 5. The van der Waals surface area contributed by atoms with Gasteiger partial charge in [-0.15, -0.1) is 11.6 Å². The van der Waals surface area contributed by atoms with Gasteiger partial charge in [0.25, 0.3) is 5.91 Å². The number of carbonyl (C=O) groups excluding carboxylic acids is 1. The lowest BCUT2D eigenvalue weighted by molar-refractivity contribution is 0.0460. The van der Waals surface area contributed by atoms with Crippen molar-refractivity contribution in [2.24, 2.45) is 0 Å². The minimum Gasteiger partial charge on any atom is -0.338 e. The molecule has 3 aromatic rings. The Morgan fingerprint density at radius 3 is 3.00 bits per heavy atom. The number of hydrogen-bond donors (Lipinski definition) is 0. The second-order valence-corrected chi connectivity index (χ2v) is 7.05. The van der Waals surface area contributed by atoms with E-state index in [-0.39, 0.29) is 17.8 Å². The van der Waals surface area contributed by atoms with Gasteiger partial charge < -0.3 is 9.42 Å². The predicted molar refractivity (Wildman–Crippen MR) is 92.5 cm³/mol. The number of halogens is 2. The average Bonchev–Trinajstić information content (AvgIpc) is 3.18. The molecule has 2 aliphatic heterocycles. The van der Waals surface area contributed by atoms with Crippen LogP contribution in [0.25, 0.3) is 17.2 Å². The first-order valence-electron chi connectivity index (χ1n) is 7.75. The van der Waals surface area contributed by atoms with Crippen LogP contribution in [-0.4, -0.2) is 37.0 Å². The molecule has 1 amide bonds. The predicted octanol–water partition coefficient (Wildman–Crippen LogP) is 3.32. The normalized spacial score (nSPS) is 18.2. The van der Waals surface area contributed by atoms with Crippen molar-refractivity contribution in [3.05, 3.63) is 46.1 Å². The van der Waals surface area contributed by atoms with E-state index in [4.69, 9.17) is 16.1 Å². The third-order valence-electron chi connectivity index (χ3n) is 4.66. The van der Waals surface area contributed by atoms with Crippen LogP contribution in [0.1, 0.15) is 34.4 Å². The molecule has 1 fully saturated rings. The number of carbonyl (C=O) groups is 1. The van der Waals surface area contributed by atoms with Gasteiger partial charge in [-0.05, 0) is 34.5 Å². The van der Waals surface area contributed by atoms with Crippen LogP contribution in [-0.2, 0) is 5.88 Å². The Morgan fingerprint density at radius 1 is 1.40 bits per heavy atom. The van der Waals surface area contributed by atoms with Crippen LogP contribution >= 0.6 is 27.5 Å². The first kappa shape index (κ1) is 15.1. The molecular weight excluding hydrogens is 410 g/mol. The SMILES string of the molecule is O=C1c2c(Br)cccc2-n2cnc(-c3noc(CCl)n3)c2[C@@H]2CCN12. The number of nitrogens with zero attached hydrogens (tertiary/aromatic N) is 5. The van der Waals surface area contributed by atoms with Crippen molar-refractivity contribution in [3.63, 3.8) is 0 Å². The Morgan fingerprint density at radius 2 is 2.28 bits per heavy atom. The lowest BCUT2D eigenvalue weighted by Crippen LogP contribution is -2.44. The molecular formula is C16H11BrClN5O2. The lowest BCUT2D eigenvalue weighted by atomic mass is 9.97. The van der Waals surface area contributed by atoms with Gasteiger partial charge in [-0.25, -0.2) is 4.98 Å². The molecule has 0 aliphatic carbocycles. The van der Waals surface area contributed by atoms with Crippen LogP contribution in [0.5, 0.6) is 0 Å². The van der Waals surface area contributed by atoms with Gasteiger partial charge >= 0.3 is 0 Å². The first-order valence-corrected chi connectivity index (χ1v) is 9.08. The van der Waals surface area contributed by atoms with Crippen molar-refractivity contribution in [3.8, 4) is 17.2 Å². The quantitative estimate of drug-likeness (QED) is 0.594. The average molecular weight is 421 g/mol. The summed E-state index contributed by atoms with van der Waals surface area (Å²) in [5.74, 6) is 0.897. The molecule has 0 N–H and O–H groups in total. The van der Waals surface area contributed by atoms with E-state index in [1.165, 1.54) is 0 Å². The summed E-state index contributed by atoms with van der Waals surface area (Å²) in [5, 5.41) is 3.99. The summed E-state index contributed by atoms with van der Waals surface area (Å²) >= 11 is 9.27. The highest BCUT2D eigenvalue weighted by Crippen LogP contribution is 2.44. The number of benzene rings is 1. The van der Waals surface area contributed by atoms with Gasteiger partial charge in [0.1, 0.15) is 17.9 Å². The molecule has 0 saturated carbocycles. The molecule has 0 spiro atoms. The second-order valence-electron chi connectivity index (χ2n) is 5.93. The van der Waals surface area contributed by atoms with Crippen molar-refractivity contribution in [2.45, 2.75) is 18.3 Å². The number of rotatable bonds is 2. The van der Waals surface area contributed by atoms with Crippen molar-refractivity contribution >= 4 is 33.4 Å². The van der Waals surface area contributed by atoms with Crippen LogP contribution < -0.4 is 0 Å². The maximum atomic E-state index is 13.0. The Labute approximate surface area is 155 Å². The molecule has 2 aliphatic rings. The fourth-order valence-electron chi connectivity index (χ4n) is 3.43. The van der Waals surface area contributed by atoms with Gasteiger partial charge in [0.05, 0.1) is 23.0 Å². The smallest absolute Gasteiger partial charge is 0.257 e. The van der Waals surface area contributed by atoms with Crippen molar-refractivity contribution < 1.29 is 9.32 Å². The third-order valence-corrected chi connectivity index (χ3v) is 5.55. The molecule has 2 aromatic heterocycles. The van der Waals surface area contributed by atoms with Crippen LogP contribution in [0.15, 0.2) is 33.5 Å². The van der Waals surface area contributed by atoms with Gasteiger partial charge in [-0.2, -0.15) is 4.98 Å². The molecule has 0 radical (unpaired) electrons. The summed E-state index contributed by atoms with van der Waals surface area (Å²) in [4.78, 5) is 23.6. The molecule has 1 atom stereocenters. The first-order chi connectivity index (χ1) is 12.2. The zero-order valence-corrected chi connectivity index (χ0v) is 15.2. The van der Waals surface area contributed by atoms with Gasteiger partial charge in [-0.1, -0.05) is 11.2 Å². The summed E-state index contributed by atoms with van der Waals surface area (Å²) < 4.78 is 7.84. The zero-order valence-electron chi connectivity index (χ0n) is 12.8. The van der Waals surface area contributed by atoms with Gasteiger partial charge in [0.2, 0.25) is 11.7 Å². The van der Waals surface area contributed by atoms with E-state index in [0.29, 0.717) is 29.5 Å². The molecule has 9 heteroatoms. The van der Waals surface area contributed by atoms with Crippen LogP contribution in [0.4, 0.5) is 0 Å². The monoisotopic (exact) mass is 419 g/mol. The molecule has 126 valence electrons. The number of amides is 1. The Hall–Kier alpha value is -2.19. The van der Waals surface area contributed by atoms with E-state index in [2.05, 4.69) is 31.1 Å². The van der Waals surface area contributed by atoms with Gasteiger partial charge in [-0.3, -0.25) is 9.36 Å². The Kier molecular flexibility index (Phi) is 3.26. The number of aromatic nitrogens is 4. The summed E-state index contributed by atoms with van der Waals surface area (Å²) in [6, 6.07) is 5.64. The number of alkyl halides is 1. The summed E-state index contributed by atoms with van der Waals surface area (Å²) in [5.41, 5.74) is 2.96. The summed E-state index contributed by atoms with van der Waals surface area (Å²) in [7, 11) is 0. The lowest BCUT2D eigenvalue weighted by Gasteiger charge is -2.39. The van der Waals surface area contributed by atoms with Crippen molar-refractivity contribution in [1.29, 1.82) is 0 Å². The van der Waals surface area contributed by atoms with Crippen molar-refractivity contribution in [1.82, 2.24) is 24.6 Å². The topological polar surface area (TPSA) is 77.0 Å². The maximum Gasteiger partial charge on any atom is 0.257 e. The molecule has 4 heterocycles. The standard InChI is InChI=1S/C16H11BrClN5O2/c17-8-2-1-3-9-12(8)16(24)22-5-4-10(22)14-13(19-7-23(9)14)15-20-11(6-18)25-21-15/h1-3,7,10H,4-6H2/t10-/m0/s1. The fourth-order valence-corrected chi connectivity index (χ4v) is 4.06. The fraction of sp³-hybridized carbons (Fsp3) is 0.250. The highest BCUT2D eigenvalue weighted by atomic mass is 79.9. The van der Waals surface area contributed by atoms with E-state index >= 15 is 0 Å². The third kappa shape index (κ3) is 2.04. The molecule has 0 bridgehead atoms. The Balaban J connectivity index is 1.77. The molecule has 5 rings (SSSR count). The van der Waals surface area contributed by atoms with E-state index in [1.807, 2.05) is 27.7 Å². The molecule has 7 nitrogen and oxygen atoms in total. The highest BCUT2D eigenvalue weighted by molar-refractivity contribution is 9.10. The van der Waals surface area contributed by atoms with E-state index in [0.717, 1.165) is 22.3 Å². The Bertz CT molecular complexity index is 1010. The highest BCUT2D eigenvalue weighted by Gasteiger charge is 2.42. The molecule has 25 heavy (non-hydrogen) atoms. The molecule has 1 saturated heterocycles. The van der Waals surface area contributed by atoms with Gasteiger partial charge in [0.15, 0.2) is 0 Å². The molecule has 0 unspecified atom stereocenters. The van der Waals surface area contributed by atoms with E-state index in [9.17, 15) is 4.79 Å². The van der Waals surface area contributed by atoms with Crippen molar-refractivity contribution in [2.75, 3.05) is 6.54 Å². The van der Waals surface area contributed by atoms with Crippen LogP contribution in [0, 0.1) is 0 Å². The van der Waals surface area contributed by atoms with E-state index < -0.39 is 0 Å². The zero-order chi connectivity index (χ0) is 17.1. The number of imidazole rings is 1. The van der Waals surface area contributed by atoms with E-state index in [1.54, 1.807) is 6.33 Å². The van der Waals surface area contributed by atoms with Crippen LogP contribution in [0.3, 0.4) is 0 Å². The van der Waals surface area contributed by atoms with Crippen LogP contribution in [0.2, 0.25) is 0 Å². The minimum absolute atomic E-state index is 0.0166. The van der Waals surface area contributed by atoms with Gasteiger partial charge in [0, 0.05) is 11.0 Å². The summed E-state index contributed by atoms with van der Waals surface area (Å²) in [6.45, 7) is 0.716. The number of fused-ring (bicyclic) bond motifs is 5.